The lowest BCUT2D eigenvalue weighted by Crippen LogP contribution is -2.39. The molecule has 0 spiro atoms. The van der Waals surface area contributed by atoms with Crippen LogP contribution in [-0.4, -0.2) is 41.0 Å². The Hall–Kier alpha value is -3.43. The Morgan fingerprint density at radius 1 is 0.921 bits per heavy atom. The van der Waals surface area contributed by atoms with Gasteiger partial charge in [0.05, 0.1) is 17.8 Å². The number of anilines is 3. The van der Waals surface area contributed by atoms with Gasteiger partial charge in [0.2, 0.25) is 5.96 Å². The van der Waals surface area contributed by atoms with Crippen LogP contribution in [0.25, 0.3) is 0 Å². The van der Waals surface area contributed by atoms with Crippen LogP contribution in [0, 0.1) is 0 Å². The molecule has 2 heterocycles. The standard InChI is InChI=1S/C13H9Cl2N3O3S.C8H7ClN2O4S/c14-7-5-10(19)12-11(6-7)22(20,21)18-13(17-12)16-9-4-2-1-3-8(9)15;1-15-5-2-4(9)3-6-7(5)10-8(12)11-16(6,13)14/h1-6,19H,(H2,16,17,18);2-3H,1H3,(H2,10,11,12). The zero-order valence-electron chi connectivity index (χ0n) is 18.9. The number of rotatable bonds is 2. The number of phenolic OH excluding ortho intramolecular Hbond substituents is 1. The van der Waals surface area contributed by atoms with Gasteiger partial charge in [-0.05, 0) is 24.3 Å². The fourth-order valence-corrected chi connectivity index (χ4v) is 6.28. The highest BCUT2D eigenvalue weighted by atomic mass is 35.5. The first-order valence-corrected chi connectivity index (χ1v) is 14.2. The van der Waals surface area contributed by atoms with Crippen molar-refractivity contribution in [2.45, 2.75) is 9.79 Å². The van der Waals surface area contributed by atoms with Gasteiger partial charge in [0.25, 0.3) is 20.0 Å². The number of ether oxygens (including phenoxy) is 1. The number of hydrogen-bond donors (Lipinski definition) is 5. The Bertz CT molecular complexity index is 1710. The molecule has 2 amide bonds. The van der Waals surface area contributed by atoms with E-state index in [1.165, 1.54) is 31.4 Å². The average Bonchev–Trinajstić information content (AvgIpc) is 2.81. The number of carbonyl (C=O) groups excluding carboxylic acids is 1. The predicted molar refractivity (Wildman–Crippen MR) is 144 cm³/mol. The van der Waals surface area contributed by atoms with Crippen LogP contribution in [0.2, 0.25) is 15.1 Å². The third-order valence-corrected chi connectivity index (χ3v) is 8.33. The highest BCUT2D eigenvalue weighted by Crippen LogP contribution is 2.38. The third kappa shape index (κ3) is 5.68. The molecule has 0 aliphatic carbocycles. The van der Waals surface area contributed by atoms with Crippen LogP contribution in [-0.2, 0) is 20.0 Å². The molecule has 200 valence electrons. The molecule has 0 bridgehead atoms. The summed E-state index contributed by atoms with van der Waals surface area (Å²) in [6.07, 6.45) is 0. The van der Waals surface area contributed by atoms with E-state index in [1.54, 1.807) is 29.0 Å². The number of methoxy groups -OCH3 is 1. The summed E-state index contributed by atoms with van der Waals surface area (Å²) >= 11 is 17.5. The van der Waals surface area contributed by atoms with Crippen LogP contribution in [0.3, 0.4) is 0 Å². The quantitative estimate of drug-likeness (QED) is 0.259. The van der Waals surface area contributed by atoms with Crippen molar-refractivity contribution in [2.75, 3.05) is 23.1 Å². The van der Waals surface area contributed by atoms with Crippen molar-refractivity contribution in [1.82, 2.24) is 4.72 Å². The lowest BCUT2D eigenvalue weighted by molar-refractivity contribution is 0.256. The number of benzene rings is 3. The molecule has 5 rings (SSSR count). The van der Waals surface area contributed by atoms with E-state index < -0.39 is 26.1 Å². The molecule has 5 N–H and O–H groups in total. The molecule has 0 aromatic heterocycles. The number of urea groups is 1. The van der Waals surface area contributed by atoms with Gasteiger partial charge in [0.1, 0.15) is 32.7 Å². The van der Waals surface area contributed by atoms with Crippen LogP contribution in [0.5, 0.6) is 11.5 Å². The number of nitrogens with zero attached hydrogens (tertiary/aromatic N) is 1. The lowest BCUT2D eigenvalue weighted by Gasteiger charge is -2.20. The molecule has 0 saturated heterocycles. The van der Waals surface area contributed by atoms with Gasteiger partial charge in [0.15, 0.2) is 0 Å². The summed E-state index contributed by atoms with van der Waals surface area (Å²) in [4.78, 5) is 10.8. The molecule has 0 saturated carbocycles. The molecule has 38 heavy (non-hydrogen) atoms. The number of amides is 2. The Labute approximate surface area is 231 Å². The summed E-state index contributed by atoms with van der Waals surface area (Å²) in [7, 11) is -6.51. The second-order valence-corrected chi connectivity index (χ2v) is 12.0. The van der Waals surface area contributed by atoms with E-state index in [0.29, 0.717) is 10.7 Å². The van der Waals surface area contributed by atoms with Crippen molar-refractivity contribution >= 4 is 83.9 Å². The number of hydrogen-bond acceptors (Lipinski definition) is 9. The Morgan fingerprint density at radius 3 is 2.26 bits per heavy atom. The molecule has 2 aliphatic heterocycles. The molecule has 12 nitrogen and oxygen atoms in total. The van der Waals surface area contributed by atoms with Crippen LogP contribution < -0.4 is 25.4 Å². The van der Waals surface area contributed by atoms with E-state index in [-0.39, 0.29) is 48.7 Å². The van der Waals surface area contributed by atoms with Crippen LogP contribution in [0.1, 0.15) is 0 Å². The topological polar surface area (TPSA) is 175 Å². The molecule has 17 heteroatoms. The minimum atomic E-state index is -3.99. The van der Waals surface area contributed by atoms with E-state index in [2.05, 4.69) is 20.3 Å². The summed E-state index contributed by atoms with van der Waals surface area (Å²) in [6.45, 7) is 0. The molecular weight excluding hydrogens is 605 g/mol. The van der Waals surface area contributed by atoms with Crippen LogP contribution >= 0.6 is 34.8 Å². The zero-order valence-corrected chi connectivity index (χ0v) is 22.8. The number of fused-ring (bicyclic) bond motifs is 2. The number of halogens is 3. The summed E-state index contributed by atoms with van der Waals surface area (Å²) in [5, 5.41) is 18.4. The molecular formula is C21H16Cl3N5O7S2. The smallest absolute Gasteiger partial charge is 0.333 e. The first kappa shape index (κ1) is 27.6. The number of nitrogens with one attached hydrogen (secondary N) is 4. The van der Waals surface area contributed by atoms with Crippen molar-refractivity contribution in [3.8, 4) is 11.5 Å². The number of guanidine groups is 1. The minimum Gasteiger partial charge on any atom is -0.506 e. The van der Waals surface area contributed by atoms with Crippen LogP contribution in [0.15, 0.2) is 62.7 Å². The molecule has 3 aromatic rings. The van der Waals surface area contributed by atoms with Gasteiger partial charge in [-0.1, -0.05) is 46.9 Å². The largest absolute Gasteiger partial charge is 0.506 e. The number of carbonyl (C=O) groups is 1. The van der Waals surface area contributed by atoms with Crippen molar-refractivity contribution in [1.29, 1.82) is 0 Å². The molecule has 2 aliphatic rings. The average molecular weight is 621 g/mol. The fourth-order valence-electron chi connectivity index (χ4n) is 3.32. The normalized spacial score (nSPS) is 16.1. The Balaban J connectivity index is 0.000000186. The molecule has 0 atom stereocenters. The van der Waals surface area contributed by atoms with Gasteiger partial charge in [-0.15, -0.1) is 4.40 Å². The van der Waals surface area contributed by atoms with Crippen molar-refractivity contribution in [2.24, 2.45) is 4.40 Å². The number of aromatic hydroxyl groups is 1. The third-order valence-electron chi connectivity index (χ3n) is 4.91. The summed E-state index contributed by atoms with van der Waals surface area (Å²) < 4.78 is 58.0. The van der Waals surface area contributed by atoms with Gasteiger partial charge in [-0.25, -0.2) is 17.9 Å². The number of phenols is 1. The second-order valence-electron chi connectivity index (χ2n) is 7.48. The van der Waals surface area contributed by atoms with Crippen LogP contribution in [0.4, 0.5) is 21.9 Å². The Morgan fingerprint density at radius 2 is 1.58 bits per heavy atom. The molecule has 0 fully saturated rings. The van der Waals surface area contributed by atoms with Gasteiger partial charge in [0, 0.05) is 22.2 Å². The van der Waals surface area contributed by atoms with Gasteiger partial charge in [-0.2, -0.15) is 8.42 Å². The van der Waals surface area contributed by atoms with E-state index in [0.717, 1.165) is 0 Å². The van der Waals surface area contributed by atoms with Crippen molar-refractivity contribution in [3.63, 3.8) is 0 Å². The fraction of sp³-hybridized carbons (Fsp3) is 0.0476. The maximum Gasteiger partial charge on any atom is 0.333 e. The molecule has 0 radical (unpaired) electrons. The lowest BCUT2D eigenvalue weighted by atomic mass is 10.3. The monoisotopic (exact) mass is 619 g/mol. The van der Waals surface area contributed by atoms with Gasteiger partial charge < -0.3 is 25.8 Å². The predicted octanol–water partition coefficient (Wildman–Crippen LogP) is 4.45. The van der Waals surface area contributed by atoms with E-state index >= 15 is 0 Å². The Kier molecular flexibility index (Phi) is 7.54. The van der Waals surface area contributed by atoms with E-state index in [1.807, 2.05) is 0 Å². The highest BCUT2D eigenvalue weighted by molar-refractivity contribution is 7.90. The first-order chi connectivity index (χ1) is 17.8. The number of para-hydroxylation sites is 1. The maximum atomic E-state index is 12.2. The molecule has 3 aromatic carbocycles. The van der Waals surface area contributed by atoms with Gasteiger partial charge in [-0.3, -0.25) is 0 Å². The van der Waals surface area contributed by atoms with Crippen molar-refractivity contribution < 1.29 is 31.5 Å². The van der Waals surface area contributed by atoms with Crippen molar-refractivity contribution in [3.05, 3.63) is 63.6 Å². The van der Waals surface area contributed by atoms with Gasteiger partial charge >= 0.3 is 6.03 Å². The van der Waals surface area contributed by atoms with E-state index in [9.17, 15) is 26.7 Å². The summed E-state index contributed by atoms with van der Waals surface area (Å²) in [6, 6.07) is 11.1. The number of sulfonamides is 2. The summed E-state index contributed by atoms with van der Waals surface area (Å²) in [5.41, 5.74) is 0.576. The molecule has 0 unspecified atom stereocenters. The summed E-state index contributed by atoms with van der Waals surface area (Å²) in [5.74, 6) is -0.168. The SMILES string of the molecule is COc1cc(Cl)cc2c1NC(=O)NS2(=O)=O.O=S1(=O)N=C(Nc2ccccc2Cl)Nc2c(O)cc(Cl)cc21. The van der Waals surface area contributed by atoms with E-state index in [4.69, 9.17) is 39.5 Å². The second kappa shape index (κ2) is 10.4. The highest BCUT2D eigenvalue weighted by Gasteiger charge is 2.31. The zero-order chi connectivity index (χ0) is 27.8. The first-order valence-electron chi connectivity index (χ1n) is 10.2. The maximum absolute atomic E-state index is 12.2. The minimum absolute atomic E-state index is 0.00829.